The zero-order chi connectivity index (χ0) is 17.0. The van der Waals surface area contributed by atoms with E-state index in [9.17, 15) is 14.7 Å². The molecule has 0 radical (unpaired) electrons. The van der Waals surface area contributed by atoms with Gasteiger partial charge in [-0.05, 0) is 38.1 Å². The van der Waals surface area contributed by atoms with Crippen LogP contribution in [-0.2, 0) is 0 Å². The molecule has 0 aliphatic carbocycles. The van der Waals surface area contributed by atoms with Crippen molar-refractivity contribution in [3.8, 4) is 5.75 Å². The zero-order valence-electron chi connectivity index (χ0n) is 13.1. The van der Waals surface area contributed by atoms with Crippen molar-refractivity contribution in [2.24, 2.45) is 0 Å². The fourth-order valence-electron chi connectivity index (χ4n) is 2.50. The molecule has 0 fully saturated rings. The van der Waals surface area contributed by atoms with Gasteiger partial charge in [-0.1, -0.05) is 18.2 Å². The molecular formula is C18H19NO4. The van der Waals surface area contributed by atoms with Gasteiger partial charge in [-0.25, -0.2) is 4.79 Å². The fraction of sp³-hybridized carbons (Fsp3) is 0.222. The normalized spacial score (nSPS) is 10.3. The van der Waals surface area contributed by atoms with E-state index in [1.165, 1.54) is 30.3 Å². The van der Waals surface area contributed by atoms with Crippen molar-refractivity contribution in [3.63, 3.8) is 0 Å². The molecule has 0 unspecified atom stereocenters. The second-order valence-corrected chi connectivity index (χ2v) is 5.06. The Bertz CT molecular complexity index is 718. The van der Waals surface area contributed by atoms with Crippen molar-refractivity contribution < 1.29 is 19.8 Å². The Balaban J connectivity index is 2.48. The number of carboxylic acid groups (broad SMARTS) is 1. The van der Waals surface area contributed by atoms with Crippen LogP contribution in [0, 0.1) is 0 Å². The SMILES string of the molecule is CCN(CC)c1cccc(O)c1C(=O)c1ccc(C(=O)O)cc1. The molecule has 0 atom stereocenters. The summed E-state index contributed by atoms with van der Waals surface area (Å²) in [6.07, 6.45) is 0. The number of ketones is 1. The number of carbonyl (C=O) groups excluding carboxylic acids is 1. The minimum Gasteiger partial charge on any atom is -0.507 e. The molecule has 0 aliphatic heterocycles. The van der Waals surface area contributed by atoms with Gasteiger partial charge >= 0.3 is 5.97 Å². The molecule has 23 heavy (non-hydrogen) atoms. The lowest BCUT2D eigenvalue weighted by Crippen LogP contribution is -2.24. The topological polar surface area (TPSA) is 77.8 Å². The summed E-state index contributed by atoms with van der Waals surface area (Å²) in [7, 11) is 0. The van der Waals surface area contributed by atoms with E-state index in [1.54, 1.807) is 12.1 Å². The molecular weight excluding hydrogens is 294 g/mol. The predicted molar refractivity (Wildman–Crippen MR) is 88.5 cm³/mol. The van der Waals surface area contributed by atoms with Crippen LogP contribution in [0.1, 0.15) is 40.1 Å². The summed E-state index contributed by atoms with van der Waals surface area (Å²) in [5.74, 6) is -1.46. The van der Waals surface area contributed by atoms with Gasteiger partial charge in [0, 0.05) is 18.7 Å². The predicted octanol–water partition coefficient (Wildman–Crippen LogP) is 3.17. The third kappa shape index (κ3) is 3.34. The molecule has 0 saturated carbocycles. The van der Waals surface area contributed by atoms with Gasteiger partial charge in [0.2, 0.25) is 0 Å². The highest BCUT2D eigenvalue weighted by Gasteiger charge is 2.20. The van der Waals surface area contributed by atoms with Crippen LogP contribution < -0.4 is 4.90 Å². The smallest absolute Gasteiger partial charge is 0.335 e. The Labute approximate surface area is 134 Å². The molecule has 2 aromatic carbocycles. The number of nitrogens with zero attached hydrogens (tertiary/aromatic N) is 1. The van der Waals surface area contributed by atoms with Gasteiger partial charge in [-0.2, -0.15) is 0 Å². The minimum absolute atomic E-state index is 0.0817. The average Bonchev–Trinajstić information content (AvgIpc) is 2.55. The summed E-state index contributed by atoms with van der Waals surface area (Å²) in [6, 6.07) is 10.7. The van der Waals surface area contributed by atoms with Gasteiger partial charge in [0.15, 0.2) is 5.78 Å². The van der Waals surface area contributed by atoms with Crippen LogP contribution in [0.25, 0.3) is 0 Å². The van der Waals surface area contributed by atoms with Crippen molar-refractivity contribution in [1.29, 1.82) is 0 Å². The van der Waals surface area contributed by atoms with E-state index >= 15 is 0 Å². The average molecular weight is 313 g/mol. The Morgan fingerprint density at radius 3 is 2.04 bits per heavy atom. The number of carbonyl (C=O) groups is 2. The van der Waals surface area contributed by atoms with Crippen molar-refractivity contribution >= 4 is 17.4 Å². The van der Waals surface area contributed by atoms with Crippen molar-refractivity contribution in [2.75, 3.05) is 18.0 Å². The fourth-order valence-corrected chi connectivity index (χ4v) is 2.50. The molecule has 0 aromatic heterocycles. The number of rotatable bonds is 6. The summed E-state index contributed by atoms with van der Waals surface area (Å²) in [5.41, 5.74) is 1.36. The van der Waals surface area contributed by atoms with Crippen LogP contribution in [0.3, 0.4) is 0 Å². The molecule has 0 spiro atoms. The summed E-state index contributed by atoms with van der Waals surface area (Å²) in [5, 5.41) is 19.1. The monoisotopic (exact) mass is 313 g/mol. The lowest BCUT2D eigenvalue weighted by Gasteiger charge is -2.24. The maximum absolute atomic E-state index is 12.8. The lowest BCUT2D eigenvalue weighted by molar-refractivity contribution is 0.0696. The van der Waals surface area contributed by atoms with E-state index in [4.69, 9.17) is 5.11 Å². The van der Waals surface area contributed by atoms with E-state index in [0.717, 1.165) is 0 Å². The number of benzene rings is 2. The maximum Gasteiger partial charge on any atom is 0.335 e. The first-order valence-corrected chi connectivity index (χ1v) is 7.44. The molecule has 120 valence electrons. The number of hydrogen-bond donors (Lipinski definition) is 2. The van der Waals surface area contributed by atoms with E-state index in [0.29, 0.717) is 24.3 Å². The third-order valence-electron chi connectivity index (χ3n) is 3.75. The first kappa shape index (κ1) is 16.5. The second-order valence-electron chi connectivity index (χ2n) is 5.06. The number of hydrogen-bond acceptors (Lipinski definition) is 4. The van der Waals surface area contributed by atoms with Crippen LogP contribution in [0.2, 0.25) is 0 Å². The number of phenols is 1. The highest BCUT2D eigenvalue weighted by molar-refractivity contribution is 6.14. The first-order chi connectivity index (χ1) is 11.0. The second kappa shape index (κ2) is 6.96. The van der Waals surface area contributed by atoms with Crippen LogP contribution in [0.5, 0.6) is 5.75 Å². The zero-order valence-corrected chi connectivity index (χ0v) is 13.1. The first-order valence-electron chi connectivity index (χ1n) is 7.44. The molecule has 2 rings (SSSR count). The maximum atomic E-state index is 12.8. The van der Waals surface area contributed by atoms with Gasteiger partial charge in [-0.15, -0.1) is 0 Å². The van der Waals surface area contributed by atoms with Gasteiger partial charge in [0.25, 0.3) is 0 Å². The Morgan fingerprint density at radius 2 is 1.52 bits per heavy atom. The molecule has 0 amide bonds. The number of carboxylic acids is 1. The van der Waals surface area contributed by atoms with Gasteiger partial charge in [-0.3, -0.25) is 4.79 Å². The quantitative estimate of drug-likeness (QED) is 0.801. The van der Waals surface area contributed by atoms with Crippen LogP contribution in [0.4, 0.5) is 5.69 Å². The van der Waals surface area contributed by atoms with Gasteiger partial charge < -0.3 is 15.1 Å². The summed E-state index contributed by atoms with van der Waals surface area (Å²) >= 11 is 0. The number of anilines is 1. The van der Waals surface area contributed by atoms with Crippen LogP contribution in [0.15, 0.2) is 42.5 Å². The largest absolute Gasteiger partial charge is 0.507 e. The highest BCUT2D eigenvalue weighted by atomic mass is 16.4. The van der Waals surface area contributed by atoms with E-state index in [-0.39, 0.29) is 22.7 Å². The standard InChI is InChI=1S/C18H19NO4/c1-3-19(4-2)14-6-5-7-15(20)16(14)17(21)12-8-10-13(11-9-12)18(22)23/h5-11,20H,3-4H2,1-2H3,(H,22,23). The van der Waals surface area contributed by atoms with Gasteiger partial charge in [0.05, 0.1) is 16.8 Å². The Morgan fingerprint density at radius 1 is 0.957 bits per heavy atom. The minimum atomic E-state index is -1.05. The van der Waals surface area contributed by atoms with Crippen LogP contribution in [-0.4, -0.2) is 35.1 Å². The molecule has 0 saturated heterocycles. The summed E-state index contributed by atoms with van der Waals surface area (Å²) in [6.45, 7) is 5.36. The van der Waals surface area contributed by atoms with E-state index in [1.807, 2.05) is 18.7 Å². The summed E-state index contributed by atoms with van der Waals surface area (Å²) in [4.78, 5) is 25.7. The Kier molecular flexibility index (Phi) is 5.01. The molecule has 2 aromatic rings. The lowest BCUT2D eigenvalue weighted by atomic mass is 9.99. The molecule has 0 aliphatic rings. The van der Waals surface area contributed by atoms with Crippen LogP contribution >= 0.6 is 0 Å². The number of aromatic hydroxyl groups is 1. The number of phenolic OH excluding ortho intramolecular Hbond substituents is 1. The van der Waals surface area contributed by atoms with E-state index < -0.39 is 5.97 Å². The number of aromatic carboxylic acids is 1. The van der Waals surface area contributed by atoms with Crippen molar-refractivity contribution in [3.05, 3.63) is 59.2 Å². The van der Waals surface area contributed by atoms with Gasteiger partial charge in [0.1, 0.15) is 5.75 Å². The molecule has 0 heterocycles. The molecule has 5 heteroatoms. The highest BCUT2D eigenvalue weighted by Crippen LogP contribution is 2.31. The Hall–Kier alpha value is -2.82. The van der Waals surface area contributed by atoms with E-state index in [2.05, 4.69) is 0 Å². The molecule has 5 nitrogen and oxygen atoms in total. The molecule has 2 N–H and O–H groups in total. The van der Waals surface area contributed by atoms with Crippen molar-refractivity contribution in [2.45, 2.75) is 13.8 Å². The van der Waals surface area contributed by atoms with Crippen molar-refractivity contribution in [1.82, 2.24) is 0 Å². The third-order valence-corrected chi connectivity index (χ3v) is 3.75. The molecule has 0 bridgehead atoms. The summed E-state index contributed by atoms with van der Waals surface area (Å²) < 4.78 is 0.